The lowest BCUT2D eigenvalue weighted by atomic mass is 9.91. The smallest absolute Gasteiger partial charge is 0.168 e. The highest BCUT2D eigenvalue weighted by atomic mass is 19.2. The lowest BCUT2D eigenvalue weighted by molar-refractivity contribution is 0.457. The molecule has 0 aliphatic heterocycles. The monoisotopic (exact) mass is 282 g/mol. The van der Waals surface area contributed by atoms with Crippen molar-refractivity contribution in [3.63, 3.8) is 0 Å². The highest BCUT2D eigenvalue weighted by molar-refractivity contribution is 5.86. The van der Waals surface area contributed by atoms with E-state index in [2.05, 4.69) is 17.2 Å². The first-order valence-corrected chi connectivity index (χ1v) is 7.02. The van der Waals surface area contributed by atoms with Crippen LogP contribution >= 0.6 is 0 Å². The van der Waals surface area contributed by atoms with E-state index < -0.39 is 17.5 Å². The van der Waals surface area contributed by atoms with Crippen LogP contribution in [0.5, 0.6) is 0 Å². The summed E-state index contributed by atoms with van der Waals surface area (Å²) in [6, 6.07) is 0.846. The van der Waals surface area contributed by atoms with Gasteiger partial charge in [0.25, 0.3) is 0 Å². The van der Waals surface area contributed by atoms with Gasteiger partial charge in [0, 0.05) is 23.2 Å². The molecule has 20 heavy (non-hydrogen) atoms. The number of hydrogen-bond acceptors (Lipinski definition) is 1. The zero-order valence-electron chi connectivity index (χ0n) is 11.3. The zero-order chi connectivity index (χ0) is 14.3. The Bertz CT molecular complexity index is 648. The molecular weight excluding hydrogens is 265 g/mol. The molecule has 0 saturated carbocycles. The van der Waals surface area contributed by atoms with Gasteiger partial charge in [0.15, 0.2) is 11.6 Å². The summed E-state index contributed by atoms with van der Waals surface area (Å²) in [6.07, 6.45) is 3.28. The van der Waals surface area contributed by atoms with E-state index in [4.69, 9.17) is 0 Å². The van der Waals surface area contributed by atoms with E-state index in [0.29, 0.717) is 12.5 Å². The second-order valence-corrected chi connectivity index (χ2v) is 5.38. The third-order valence-corrected chi connectivity index (χ3v) is 3.99. The van der Waals surface area contributed by atoms with Crippen molar-refractivity contribution in [2.75, 3.05) is 6.54 Å². The van der Waals surface area contributed by atoms with Gasteiger partial charge < -0.3 is 10.3 Å². The van der Waals surface area contributed by atoms with E-state index in [0.717, 1.165) is 37.1 Å². The Morgan fingerprint density at radius 3 is 2.85 bits per heavy atom. The number of hydrogen-bond donors (Lipinski definition) is 2. The van der Waals surface area contributed by atoms with Crippen molar-refractivity contribution < 1.29 is 13.2 Å². The van der Waals surface area contributed by atoms with E-state index in [-0.39, 0.29) is 16.9 Å². The first kappa shape index (κ1) is 13.5. The molecule has 1 aromatic carbocycles. The molecular formula is C15H17F3N2. The highest BCUT2D eigenvalue weighted by Gasteiger charge is 2.26. The maximum atomic E-state index is 14.0. The fourth-order valence-corrected chi connectivity index (χ4v) is 3.01. The van der Waals surface area contributed by atoms with Crippen LogP contribution in [0.2, 0.25) is 0 Å². The standard InChI is InChI=1S/C15H17F3N2/c1-2-5-19-8-3-4-12-9(6-8)13-14(18)10(16)7-11(17)15(13)20-12/h7-8,19-20H,2-6H2,1H3. The van der Waals surface area contributed by atoms with Gasteiger partial charge in [-0.2, -0.15) is 0 Å². The lowest BCUT2D eigenvalue weighted by Crippen LogP contribution is -2.34. The summed E-state index contributed by atoms with van der Waals surface area (Å²) in [5, 5.41) is 3.48. The van der Waals surface area contributed by atoms with Gasteiger partial charge in [-0.1, -0.05) is 6.92 Å². The van der Waals surface area contributed by atoms with E-state index in [9.17, 15) is 13.2 Å². The van der Waals surface area contributed by atoms with Gasteiger partial charge in [-0.15, -0.1) is 0 Å². The summed E-state index contributed by atoms with van der Waals surface area (Å²) in [5.41, 5.74) is 1.64. The maximum absolute atomic E-state index is 14.0. The molecule has 2 nitrogen and oxygen atoms in total. The van der Waals surface area contributed by atoms with Crippen molar-refractivity contribution >= 4 is 10.9 Å². The van der Waals surface area contributed by atoms with Gasteiger partial charge in [0.2, 0.25) is 0 Å². The third kappa shape index (κ3) is 2.10. The molecule has 1 unspecified atom stereocenters. The molecule has 0 fully saturated rings. The average molecular weight is 282 g/mol. The summed E-state index contributed by atoms with van der Waals surface area (Å²) in [6.45, 7) is 2.98. The minimum atomic E-state index is -1.12. The first-order valence-electron chi connectivity index (χ1n) is 7.02. The van der Waals surface area contributed by atoms with Gasteiger partial charge in [-0.25, -0.2) is 13.2 Å². The second-order valence-electron chi connectivity index (χ2n) is 5.38. The summed E-state index contributed by atoms with van der Waals surface area (Å²) in [7, 11) is 0. The molecule has 5 heteroatoms. The highest BCUT2D eigenvalue weighted by Crippen LogP contribution is 2.33. The van der Waals surface area contributed by atoms with Crippen molar-refractivity contribution in [1.29, 1.82) is 0 Å². The third-order valence-electron chi connectivity index (χ3n) is 3.99. The normalized spacial score (nSPS) is 18.5. The largest absolute Gasteiger partial charge is 0.356 e. The SMILES string of the molecule is CCCNC1CCc2[nH]c3c(F)cc(F)c(F)c3c2C1. The first-order chi connectivity index (χ1) is 9.61. The topological polar surface area (TPSA) is 27.8 Å². The summed E-state index contributed by atoms with van der Waals surface area (Å²) >= 11 is 0. The van der Waals surface area contributed by atoms with Crippen LogP contribution in [-0.2, 0) is 12.8 Å². The number of H-pyrrole nitrogens is 1. The Labute approximate surface area is 115 Å². The van der Waals surface area contributed by atoms with Gasteiger partial charge in [0.1, 0.15) is 5.82 Å². The molecule has 2 N–H and O–H groups in total. The van der Waals surface area contributed by atoms with Crippen molar-refractivity contribution in [2.24, 2.45) is 0 Å². The van der Waals surface area contributed by atoms with E-state index in [1.54, 1.807) is 0 Å². The molecule has 1 aliphatic rings. The lowest BCUT2D eigenvalue weighted by Gasteiger charge is -2.23. The van der Waals surface area contributed by atoms with Crippen LogP contribution in [-0.4, -0.2) is 17.6 Å². The number of aryl methyl sites for hydroxylation is 1. The molecule has 3 rings (SSSR count). The Balaban J connectivity index is 2.06. The second kappa shape index (κ2) is 5.13. The maximum Gasteiger partial charge on any atom is 0.168 e. The number of benzene rings is 1. The van der Waals surface area contributed by atoms with E-state index in [1.807, 2.05) is 0 Å². The Morgan fingerprint density at radius 2 is 2.10 bits per heavy atom. The molecule has 1 heterocycles. The van der Waals surface area contributed by atoms with Crippen LogP contribution in [0.15, 0.2) is 6.07 Å². The Hall–Kier alpha value is -1.49. The predicted octanol–water partition coefficient (Wildman–Crippen LogP) is 3.44. The van der Waals surface area contributed by atoms with E-state index in [1.165, 1.54) is 0 Å². The van der Waals surface area contributed by atoms with Crippen LogP contribution in [0, 0.1) is 17.5 Å². The zero-order valence-corrected chi connectivity index (χ0v) is 11.3. The Kier molecular flexibility index (Phi) is 3.46. The minimum absolute atomic E-state index is 0.0838. The van der Waals surface area contributed by atoms with Gasteiger partial charge in [0.05, 0.1) is 5.52 Å². The predicted molar refractivity (Wildman–Crippen MR) is 72.3 cm³/mol. The number of nitrogens with one attached hydrogen (secondary N) is 2. The number of fused-ring (bicyclic) bond motifs is 3. The fraction of sp³-hybridized carbons (Fsp3) is 0.467. The molecule has 1 aliphatic carbocycles. The fourth-order valence-electron chi connectivity index (χ4n) is 3.01. The summed E-state index contributed by atoms with van der Waals surface area (Å²) in [5.74, 6) is -2.80. The molecule has 1 aromatic heterocycles. The molecule has 0 radical (unpaired) electrons. The van der Waals surface area contributed by atoms with Crippen LogP contribution in [0.3, 0.4) is 0 Å². The van der Waals surface area contributed by atoms with Gasteiger partial charge in [-0.05, 0) is 37.8 Å². The number of aromatic amines is 1. The van der Waals surface area contributed by atoms with Crippen LogP contribution in [0.1, 0.15) is 31.0 Å². The molecule has 2 aromatic rings. The average Bonchev–Trinajstić information content (AvgIpc) is 2.82. The van der Waals surface area contributed by atoms with Gasteiger partial charge >= 0.3 is 0 Å². The minimum Gasteiger partial charge on any atom is -0.356 e. The number of aromatic nitrogens is 1. The van der Waals surface area contributed by atoms with Crippen molar-refractivity contribution in [1.82, 2.24) is 10.3 Å². The van der Waals surface area contributed by atoms with Crippen LogP contribution in [0.25, 0.3) is 10.9 Å². The molecule has 108 valence electrons. The molecule has 0 bridgehead atoms. The molecule has 0 saturated heterocycles. The van der Waals surface area contributed by atoms with Crippen molar-refractivity contribution in [3.8, 4) is 0 Å². The molecule has 0 spiro atoms. The number of rotatable bonds is 3. The molecule has 0 amide bonds. The van der Waals surface area contributed by atoms with Gasteiger partial charge in [-0.3, -0.25) is 0 Å². The summed E-state index contributed by atoms with van der Waals surface area (Å²) < 4.78 is 41.2. The summed E-state index contributed by atoms with van der Waals surface area (Å²) in [4.78, 5) is 2.92. The molecule has 1 atom stereocenters. The van der Waals surface area contributed by atoms with Crippen LogP contribution < -0.4 is 5.32 Å². The van der Waals surface area contributed by atoms with Crippen molar-refractivity contribution in [3.05, 3.63) is 34.8 Å². The van der Waals surface area contributed by atoms with Crippen LogP contribution in [0.4, 0.5) is 13.2 Å². The quantitative estimate of drug-likeness (QED) is 0.829. The van der Waals surface area contributed by atoms with Crippen molar-refractivity contribution in [2.45, 2.75) is 38.6 Å². The Morgan fingerprint density at radius 1 is 1.30 bits per heavy atom. The van der Waals surface area contributed by atoms with E-state index >= 15 is 0 Å². The number of halogens is 3.